The molecule has 2 amide bonds. The fourth-order valence-electron chi connectivity index (χ4n) is 1.95. The SMILES string of the molecule is CSCCCC(=O)Nc1ccc2c(c1)N(C)C(=O)CO2. The summed E-state index contributed by atoms with van der Waals surface area (Å²) in [5.74, 6) is 1.53. The second kappa shape index (κ2) is 6.65. The molecule has 108 valence electrons. The lowest BCUT2D eigenvalue weighted by atomic mass is 10.2. The quantitative estimate of drug-likeness (QED) is 0.845. The van der Waals surface area contributed by atoms with Crippen molar-refractivity contribution >= 4 is 35.0 Å². The van der Waals surface area contributed by atoms with Crippen molar-refractivity contribution in [3.63, 3.8) is 0 Å². The van der Waals surface area contributed by atoms with Crippen LogP contribution in [-0.4, -0.2) is 37.5 Å². The van der Waals surface area contributed by atoms with Gasteiger partial charge in [-0.2, -0.15) is 11.8 Å². The van der Waals surface area contributed by atoms with Crippen molar-refractivity contribution in [3.8, 4) is 5.75 Å². The van der Waals surface area contributed by atoms with Gasteiger partial charge in [-0.05, 0) is 36.6 Å². The number of likely N-dealkylation sites (N-methyl/N-ethyl adjacent to an activating group) is 1. The van der Waals surface area contributed by atoms with E-state index >= 15 is 0 Å². The third-order valence-corrected chi connectivity index (χ3v) is 3.78. The highest BCUT2D eigenvalue weighted by molar-refractivity contribution is 7.98. The number of amides is 2. The molecular formula is C14H18N2O3S. The topological polar surface area (TPSA) is 58.6 Å². The number of carbonyl (C=O) groups excluding carboxylic acids is 2. The Balaban J connectivity index is 2.03. The lowest BCUT2D eigenvalue weighted by molar-refractivity contribution is -0.121. The molecule has 1 heterocycles. The molecule has 5 nitrogen and oxygen atoms in total. The second-order valence-electron chi connectivity index (χ2n) is 4.57. The number of carbonyl (C=O) groups is 2. The lowest BCUT2D eigenvalue weighted by Gasteiger charge is -2.26. The maximum Gasteiger partial charge on any atom is 0.264 e. The van der Waals surface area contributed by atoms with E-state index in [2.05, 4.69) is 5.32 Å². The zero-order valence-electron chi connectivity index (χ0n) is 11.6. The van der Waals surface area contributed by atoms with Crippen LogP contribution < -0.4 is 15.0 Å². The van der Waals surface area contributed by atoms with E-state index in [0.29, 0.717) is 23.5 Å². The highest BCUT2D eigenvalue weighted by atomic mass is 32.2. The van der Waals surface area contributed by atoms with Crippen molar-refractivity contribution in [1.29, 1.82) is 0 Å². The molecule has 1 aliphatic heterocycles. The molecule has 0 radical (unpaired) electrons. The van der Waals surface area contributed by atoms with Crippen LogP contribution in [0.25, 0.3) is 0 Å². The van der Waals surface area contributed by atoms with Gasteiger partial charge in [-0.1, -0.05) is 0 Å². The van der Waals surface area contributed by atoms with Crippen LogP contribution in [-0.2, 0) is 9.59 Å². The van der Waals surface area contributed by atoms with Crippen LogP contribution in [0.2, 0.25) is 0 Å². The molecule has 1 N–H and O–H groups in total. The summed E-state index contributed by atoms with van der Waals surface area (Å²) in [6.07, 6.45) is 3.39. The Labute approximate surface area is 122 Å². The molecule has 2 rings (SSSR count). The predicted octanol–water partition coefficient (Wildman–Crippen LogP) is 2.12. The first-order valence-electron chi connectivity index (χ1n) is 6.44. The zero-order valence-corrected chi connectivity index (χ0v) is 12.5. The first-order chi connectivity index (χ1) is 9.61. The molecule has 0 bridgehead atoms. The molecule has 1 aliphatic rings. The monoisotopic (exact) mass is 294 g/mol. The first-order valence-corrected chi connectivity index (χ1v) is 7.83. The summed E-state index contributed by atoms with van der Waals surface area (Å²) in [7, 11) is 1.70. The van der Waals surface area contributed by atoms with Gasteiger partial charge in [-0.3, -0.25) is 9.59 Å². The maximum atomic E-state index is 11.8. The summed E-state index contributed by atoms with van der Waals surface area (Å²) in [6, 6.07) is 5.32. The molecule has 6 heteroatoms. The van der Waals surface area contributed by atoms with Gasteiger partial charge < -0.3 is 15.0 Å². The molecule has 0 aliphatic carbocycles. The van der Waals surface area contributed by atoms with Gasteiger partial charge in [-0.15, -0.1) is 0 Å². The summed E-state index contributed by atoms with van der Waals surface area (Å²) < 4.78 is 5.34. The van der Waals surface area contributed by atoms with Gasteiger partial charge in [0.15, 0.2) is 6.61 Å². The third kappa shape index (κ3) is 3.45. The van der Waals surface area contributed by atoms with Gasteiger partial charge in [0.2, 0.25) is 5.91 Å². The molecule has 0 saturated heterocycles. The smallest absolute Gasteiger partial charge is 0.264 e. The zero-order chi connectivity index (χ0) is 14.5. The number of nitrogens with zero attached hydrogens (tertiary/aromatic N) is 1. The van der Waals surface area contributed by atoms with Crippen molar-refractivity contribution in [1.82, 2.24) is 0 Å². The summed E-state index contributed by atoms with van der Waals surface area (Å²) in [4.78, 5) is 24.9. The molecule has 0 atom stereocenters. The van der Waals surface area contributed by atoms with Gasteiger partial charge in [0, 0.05) is 19.2 Å². The van der Waals surface area contributed by atoms with E-state index in [4.69, 9.17) is 4.74 Å². The highest BCUT2D eigenvalue weighted by Crippen LogP contribution is 2.33. The van der Waals surface area contributed by atoms with E-state index in [1.807, 2.05) is 6.26 Å². The lowest BCUT2D eigenvalue weighted by Crippen LogP contribution is -2.35. The van der Waals surface area contributed by atoms with Gasteiger partial charge in [0.25, 0.3) is 5.91 Å². The van der Waals surface area contributed by atoms with Crippen LogP contribution in [0.15, 0.2) is 18.2 Å². The average molecular weight is 294 g/mol. The third-order valence-electron chi connectivity index (χ3n) is 3.08. The highest BCUT2D eigenvalue weighted by Gasteiger charge is 2.22. The Kier molecular flexibility index (Phi) is 4.89. The van der Waals surface area contributed by atoms with Gasteiger partial charge in [-0.25, -0.2) is 0 Å². The van der Waals surface area contributed by atoms with E-state index in [1.165, 1.54) is 0 Å². The number of rotatable bonds is 5. The van der Waals surface area contributed by atoms with Gasteiger partial charge in [0.1, 0.15) is 5.75 Å². The van der Waals surface area contributed by atoms with Crippen LogP contribution >= 0.6 is 11.8 Å². The first kappa shape index (κ1) is 14.7. The summed E-state index contributed by atoms with van der Waals surface area (Å²) >= 11 is 1.73. The molecule has 0 spiro atoms. The van der Waals surface area contributed by atoms with Crippen molar-refractivity contribution < 1.29 is 14.3 Å². The van der Waals surface area contributed by atoms with Gasteiger partial charge >= 0.3 is 0 Å². The number of anilines is 2. The largest absolute Gasteiger partial charge is 0.482 e. The number of benzene rings is 1. The van der Waals surface area contributed by atoms with E-state index in [9.17, 15) is 9.59 Å². The number of nitrogens with one attached hydrogen (secondary N) is 1. The minimum atomic E-state index is -0.0963. The Bertz CT molecular complexity index is 519. The molecule has 0 unspecified atom stereocenters. The summed E-state index contributed by atoms with van der Waals surface area (Å²) in [5.41, 5.74) is 1.37. The van der Waals surface area contributed by atoms with Crippen LogP contribution in [0.3, 0.4) is 0 Å². The number of hydrogen-bond acceptors (Lipinski definition) is 4. The minimum absolute atomic E-state index is 0.00953. The molecule has 0 fully saturated rings. The summed E-state index contributed by atoms with van der Waals surface area (Å²) in [6.45, 7) is 0.0594. The Hall–Kier alpha value is -1.69. The fraction of sp³-hybridized carbons (Fsp3) is 0.429. The second-order valence-corrected chi connectivity index (χ2v) is 5.55. The maximum absolute atomic E-state index is 11.8. The summed E-state index contributed by atoms with van der Waals surface area (Å²) in [5, 5.41) is 2.84. The van der Waals surface area contributed by atoms with Crippen LogP contribution in [0.1, 0.15) is 12.8 Å². The average Bonchev–Trinajstić information content (AvgIpc) is 2.44. The van der Waals surface area contributed by atoms with Crippen LogP contribution in [0.4, 0.5) is 11.4 Å². The molecule has 1 aromatic carbocycles. The van der Waals surface area contributed by atoms with Crippen LogP contribution in [0.5, 0.6) is 5.75 Å². The van der Waals surface area contributed by atoms with E-state index in [1.54, 1.807) is 41.9 Å². The number of fused-ring (bicyclic) bond motifs is 1. The number of ether oxygens (including phenoxy) is 1. The van der Waals surface area contributed by atoms with Crippen molar-refractivity contribution in [2.45, 2.75) is 12.8 Å². The molecule has 0 aromatic heterocycles. The van der Waals surface area contributed by atoms with E-state index < -0.39 is 0 Å². The fourth-order valence-corrected chi connectivity index (χ4v) is 2.38. The molecule has 0 saturated carbocycles. The minimum Gasteiger partial charge on any atom is -0.482 e. The molecule has 20 heavy (non-hydrogen) atoms. The molecule has 1 aromatic rings. The number of hydrogen-bond donors (Lipinski definition) is 1. The normalized spacial score (nSPS) is 13.7. The van der Waals surface area contributed by atoms with E-state index in [-0.39, 0.29) is 18.4 Å². The predicted molar refractivity (Wildman–Crippen MR) is 81.6 cm³/mol. The van der Waals surface area contributed by atoms with Crippen molar-refractivity contribution in [3.05, 3.63) is 18.2 Å². The Morgan fingerprint density at radius 3 is 3.05 bits per heavy atom. The van der Waals surface area contributed by atoms with Crippen LogP contribution in [0, 0.1) is 0 Å². The van der Waals surface area contributed by atoms with E-state index in [0.717, 1.165) is 12.2 Å². The van der Waals surface area contributed by atoms with Gasteiger partial charge in [0.05, 0.1) is 5.69 Å². The Morgan fingerprint density at radius 1 is 1.50 bits per heavy atom. The Morgan fingerprint density at radius 2 is 2.30 bits per heavy atom. The molecular weight excluding hydrogens is 276 g/mol. The van der Waals surface area contributed by atoms with Crippen molar-refractivity contribution in [2.24, 2.45) is 0 Å². The van der Waals surface area contributed by atoms with Crippen molar-refractivity contribution in [2.75, 3.05) is 35.9 Å². The number of thioether (sulfide) groups is 1. The standard InChI is InChI=1S/C14H18N2O3S/c1-16-11-8-10(15-13(17)4-3-7-20-2)5-6-12(11)19-9-14(16)18/h5-6,8H,3-4,7,9H2,1-2H3,(H,15,17).